The fraction of sp³-hybridized carbons (Fsp3) is 0.286. The summed E-state index contributed by atoms with van der Waals surface area (Å²) in [4.78, 5) is 39.1. The van der Waals surface area contributed by atoms with Crippen molar-refractivity contribution in [1.82, 2.24) is 10.2 Å². The first-order chi connectivity index (χ1) is 18.9. The Morgan fingerprint density at radius 3 is 2.23 bits per heavy atom. The van der Waals surface area contributed by atoms with Gasteiger partial charge in [0.15, 0.2) is 0 Å². The summed E-state index contributed by atoms with van der Waals surface area (Å²) >= 11 is 6.02. The molecule has 0 aliphatic carbocycles. The Hall–Kier alpha value is -3.96. The highest BCUT2D eigenvalue weighted by molar-refractivity contribution is 7.92. The highest BCUT2D eigenvalue weighted by atomic mass is 35.5. The van der Waals surface area contributed by atoms with Crippen LogP contribution >= 0.6 is 11.6 Å². The number of hydrogen-bond acceptors (Lipinski definition) is 6. The Kier molecular flexibility index (Phi) is 10.2. The average Bonchev–Trinajstić information content (AvgIpc) is 2.92. The van der Waals surface area contributed by atoms with Crippen LogP contribution in [0.3, 0.4) is 0 Å². The van der Waals surface area contributed by atoms with Crippen LogP contribution in [0.2, 0.25) is 5.02 Å². The zero-order valence-corrected chi connectivity index (χ0v) is 23.9. The first-order valence-corrected chi connectivity index (χ1v) is 14.4. The van der Waals surface area contributed by atoms with E-state index in [9.17, 15) is 28.1 Å². The van der Waals surface area contributed by atoms with Crippen molar-refractivity contribution in [1.29, 1.82) is 0 Å². The van der Waals surface area contributed by atoms with Crippen molar-refractivity contribution < 1.29 is 22.9 Å². The number of hydrogen-bond donors (Lipinski definition) is 1. The van der Waals surface area contributed by atoms with Crippen LogP contribution in [0.15, 0.2) is 83.8 Å². The number of amides is 2. The van der Waals surface area contributed by atoms with E-state index in [-0.39, 0.29) is 41.2 Å². The predicted molar refractivity (Wildman–Crippen MR) is 153 cm³/mol. The molecule has 3 aromatic carbocycles. The monoisotopic (exact) mass is 586 g/mol. The first-order valence-electron chi connectivity index (χ1n) is 12.6. The molecule has 0 saturated carbocycles. The molecule has 0 aliphatic rings. The van der Waals surface area contributed by atoms with Gasteiger partial charge >= 0.3 is 0 Å². The van der Waals surface area contributed by atoms with Gasteiger partial charge < -0.3 is 10.2 Å². The summed E-state index contributed by atoms with van der Waals surface area (Å²) in [5, 5.41) is 14.8. The van der Waals surface area contributed by atoms with Crippen LogP contribution in [0, 0.1) is 10.1 Å². The molecule has 212 valence electrons. The van der Waals surface area contributed by atoms with Gasteiger partial charge in [-0.3, -0.25) is 24.0 Å². The number of anilines is 1. The molecule has 0 fully saturated rings. The van der Waals surface area contributed by atoms with Crippen molar-refractivity contribution in [3.8, 4) is 0 Å². The lowest BCUT2D eigenvalue weighted by Crippen LogP contribution is -2.53. The molecule has 0 aromatic heterocycles. The number of nitrogens with zero attached hydrogens (tertiary/aromatic N) is 3. The lowest BCUT2D eigenvalue weighted by Gasteiger charge is -2.33. The molecular formula is C28H31ClN4O6S. The zero-order chi connectivity index (χ0) is 29.4. The van der Waals surface area contributed by atoms with Gasteiger partial charge in [0, 0.05) is 29.7 Å². The highest BCUT2D eigenvalue weighted by Gasteiger charge is 2.34. The molecule has 12 heteroatoms. The average molecular weight is 587 g/mol. The van der Waals surface area contributed by atoms with E-state index < -0.39 is 33.4 Å². The summed E-state index contributed by atoms with van der Waals surface area (Å²) in [7, 11) is -4.33. The number of sulfonamides is 1. The maximum Gasteiger partial charge on any atom is 0.271 e. The Morgan fingerprint density at radius 1 is 1.00 bits per heavy atom. The number of benzene rings is 3. The van der Waals surface area contributed by atoms with Crippen molar-refractivity contribution >= 4 is 44.8 Å². The molecule has 0 heterocycles. The summed E-state index contributed by atoms with van der Waals surface area (Å²) in [6.07, 6.45) is 0.264. The SMILES string of the molecule is CC[C@@H](C(=O)NC(C)C)N(Cc1ccc(Cl)cc1)C(=O)CN(c1cccc([N+](=O)[O-])c1)S(=O)(=O)c1ccccc1. The van der Waals surface area contributed by atoms with Crippen LogP contribution in [-0.2, 0) is 26.2 Å². The minimum Gasteiger partial charge on any atom is -0.352 e. The molecule has 1 atom stereocenters. The van der Waals surface area contributed by atoms with Gasteiger partial charge in [0.1, 0.15) is 12.6 Å². The molecule has 0 saturated heterocycles. The van der Waals surface area contributed by atoms with Crippen LogP contribution in [0.25, 0.3) is 0 Å². The molecule has 0 spiro atoms. The maximum absolute atomic E-state index is 14.0. The van der Waals surface area contributed by atoms with Gasteiger partial charge in [-0.25, -0.2) is 8.42 Å². The van der Waals surface area contributed by atoms with Gasteiger partial charge in [-0.2, -0.15) is 0 Å². The molecule has 3 aromatic rings. The number of halogens is 1. The van der Waals surface area contributed by atoms with Gasteiger partial charge in [-0.15, -0.1) is 0 Å². The Labute approximate surface area is 238 Å². The van der Waals surface area contributed by atoms with Crippen LogP contribution < -0.4 is 9.62 Å². The first kappa shape index (κ1) is 30.6. The molecule has 40 heavy (non-hydrogen) atoms. The summed E-state index contributed by atoms with van der Waals surface area (Å²) < 4.78 is 28.4. The summed E-state index contributed by atoms with van der Waals surface area (Å²) in [5.74, 6) is -1.04. The maximum atomic E-state index is 14.0. The third-order valence-electron chi connectivity index (χ3n) is 6.02. The van der Waals surface area contributed by atoms with Gasteiger partial charge in [-0.05, 0) is 56.2 Å². The van der Waals surface area contributed by atoms with Crippen LogP contribution in [0.4, 0.5) is 11.4 Å². The second-order valence-corrected chi connectivity index (χ2v) is 11.6. The van der Waals surface area contributed by atoms with Gasteiger partial charge in [0.25, 0.3) is 15.7 Å². The van der Waals surface area contributed by atoms with Gasteiger partial charge in [0.05, 0.1) is 15.5 Å². The summed E-state index contributed by atoms with van der Waals surface area (Å²) in [6, 6.07) is 18.2. The predicted octanol–water partition coefficient (Wildman–Crippen LogP) is 4.78. The van der Waals surface area contributed by atoms with E-state index in [4.69, 9.17) is 11.6 Å². The van der Waals surface area contributed by atoms with E-state index in [0.29, 0.717) is 10.6 Å². The number of non-ortho nitro benzene ring substituents is 1. The summed E-state index contributed by atoms with van der Waals surface area (Å²) in [5.41, 5.74) is 0.290. The molecule has 0 radical (unpaired) electrons. The van der Waals surface area contributed by atoms with E-state index in [1.54, 1.807) is 51.1 Å². The van der Waals surface area contributed by atoms with Crippen molar-refractivity contribution in [2.75, 3.05) is 10.8 Å². The number of nitro groups is 1. The van der Waals surface area contributed by atoms with E-state index in [1.165, 1.54) is 47.4 Å². The minimum atomic E-state index is -4.33. The highest BCUT2D eigenvalue weighted by Crippen LogP contribution is 2.28. The molecule has 3 rings (SSSR count). The second kappa shape index (κ2) is 13.4. The topological polar surface area (TPSA) is 130 Å². The fourth-order valence-electron chi connectivity index (χ4n) is 4.10. The standard InChI is InChI=1S/C28H31ClN4O6S/c1-4-26(28(35)30-20(2)3)31(18-21-13-15-22(29)16-14-21)27(34)19-32(23-9-8-10-24(17-23)33(36)37)40(38,39)25-11-6-5-7-12-25/h5-17,20,26H,4,18-19H2,1-3H3,(H,30,35)/t26-/m0/s1. The summed E-state index contributed by atoms with van der Waals surface area (Å²) in [6.45, 7) is 4.66. The minimum absolute atomic E-state index is 0.00812. The second-order valence-electron chi connectivity index (χ2n) is 9.34. The normalized spacial score (nSPS) is 12.0. The molecule has 0 bridgehead atoms. The van der Waals surface area contributed by atoms with Gasteiger partial charge in [-0.1, -0.05) is 54.9 Å². The number of nitrogens with one attached hydrogen (secondary N) is 1. The van der Waals surface area contributed by atoms with E-state index in [2.05, 4.69) is 5.32 Å². The lowest BCUT2D eigenvalue weighted by molar-refractivity contribution is -0.384. The smallest absolute Gasteiger partial charge is 0.271 e. The molecule has 0 aliphatic heterocycles. The number of carbonyl (C=O) groups is 2. The molecule has 10 nitrogen and oxygen atoms in total. The van der Waals surface area contributed by atoms with Crippen LogP contribution in [0.5, 0.6) is 0 Å². The van der Waals surface area contributed by atoms with E-state index in [0.717, 1.165) is 10.4 Å². The van der Waals surface area contributed by atoms with Crippen molar-refractivity contribution in [2.24, 2.45) is 0 Å². The largest absolute Gasteiger partial charge is 0.352 e. The Balaban J connectivity index is 2.09. The van der Waals surface area contributed by atoms with E-state index >= 15 is 0 Å². The number of carbonyl (C=O) groups excluding carboxylic acids is 2. The van der Waals surface area contributed by atoms with E-state index in [1.807, 2.05) is 0 Å². The van der Waals surface area contributed by atoms with Crippen molar-refractivity contribution in [3.05, 3.63) is 99.6 Å². The molecule has 2 amide bonds. The zero-order valence-electron chi connectivity index (χ0n) is 22.4. The third-order valence-corrected chi connectivity index (χ3v) is 8.06. The third kappa shape index (κ3) is 7.57. The molecule has 0 unspecified atom stereocenters. The quantitative estimate of drug-likeness (QED) is 0.240. The Morgan fingerprint density at radius 2 is 1.65 bits per heavy atom. The van der Waals surface area contributed by atoms with Crippen molar-refractivity contribution in [3.63, 3.8) is 0 Å². The molecule has 1 N–H and O–H groups in total. The number of rotatable bonds is 12. The van der Waals surface area contributed by atoms with Gasteiger partial charge in [0.2, 0.25) is 11.8 Å². The lowest BCUT2D eigenvalue weighted by atomic mass is 10.1. The fourth-order valence-corrected chi connectivity index (χ4v) is 5.65. The molecular weight excluding hydrogens is 556 g/mol. The number of nitro benzene ring substituents is 1. The van der Waals surface area contributed by atoms with Crippen LogP contribution in [-0.4, -0.2) is 48.7 Å². The Bertz CT molecular complexity index is 1450. The van der Waals surface area contributed by atoms with Crippen molar-refractivity contribution in [2.45, 2.75) is 50.7 Å². The van der Waals surface area contributed by atoms with Crippen LogP contribution in [0.1, 0.15) is 32.8 Å².